The third-order valence-corrected chi connectivity index (χ3v) is 2.76. The average molecular weight is 273 g/mol. The Bertz CT molecular complexity index is 260. The van der Waals surface area contributed by atoms with Gasteiger partial charge in [-0.25, -0.2) is 0 Å². The topological polar surface area (TPSA) is 107 Å². The Balaban J connectivity index is 3.49. The molecule has 6 nitrogen and oxygen atoms in total. The third-order valence-electron chi connectivity index (χ3n) is 2.76. The number of esters is 1. The molecule has 0 saturated heterocycles. The molecule has 0 aliphatic carbocycles. The zero-order valence-electron chi connectivity index (χ0n) is 11.8. The Morgan fingerprint density at radius 1 is 1.16 bits per heavy atom. The van der Waals surface area contributed by atoms with Gasteiger partial charge in [0, 0.05) is 6.54 Å². The maximum atomic E-state index is 11.5. The molecule has 0 saturated carbocycles. The number of rotatable bonds is 11. The van der Waals surface area contributed by atoms with E-state index in [0.29, 0.717) is 6.54 Å². The molecular weight excluding hydrogens is 246 g/mol. The number of nitrogens with two attached hydrogens (primary N) is 2. The van der Waals surface area contributed by atoms with Crippen molar-refractivity contribution in [1.82, 2.24) is 5.32 Å². The first-order chi connectivity index (χ1) is 9.11. The number of nitrogens with one attached hydrogen (secondary N) is 1. The molecule has 0 bridgehead atoms. The molecule has 0 aromatic carbocycles. The van der Waals surface area contributed by atoms with Crippen molar-refractivity contribution in [3.05, 3.63) is 0 Å². The van der Waals surface area contributed by atoms with Crippen LogP contribution in [0.2, 0.25) is 0 Å². The lowest BCUT2D eigenvalue weighted by Gasteiger charge is -2.12. The van der Waals surface area contributed by atoms with Crippen molar-refractivity contribution in [3.63, 3.8) is 0 Å². The van der Waals surface area contributed by atoms with E-state index in [1.54, 1.807) is 0 Å². The quantitative estimate of drug-likeness (QED) is 0.370. The van der Waals surface area contributed by atoms with Crippen molar-refractivity contribution in [2.24, 2.45) is 11.5 Å². The van der Waals surface area contributed by atoms with Crippen LogP contribution in [0.3, 0.4) is 0 Å². The van der Waals surface area contributed by atoms with Gasteiger partial charge in [0.05, 0.1) is 6.54 Å². The molecule has 0 rings (SSSR count). The predicted molar refractivity (Wildman–Crippen MR) is 74.4 cm³/mol. The molecule has 0 aliphatic rings. The van der Waals surface area contributed by atoms with Gasteiger partial charge in [0.25, 0.3) is 0 Å². The number of carbonyl (C=O) groups excluding carboxylic acids is 2. The number of hydrogen-bond donors (Lipinski definition) is 3. The van der Waals surface area contributed by atoms with Gasteiger partial charge in [-0.1, -0.05) is 39.0 Å². The van der Waals surface area contributed by atoms with Crippen LogP contribution in [0.1, 0.15) is 45.4 Å². The summed E-state index contributed by atoms with van der Waals surface area (Å²) in [7, 11) is 0. The van der Waals surface area contributed by atoms with E-state index < -0.39 is 12.0 Å². The molecule has 0 unspecified atom stereocenters. The highest BCUT2D eigenvalue weighted by atomic mass is 16.5. The fourth-order valence-corrected chi connectivity index (χ4v) is 1.57. The Morgan fingerprint density at radius 3 is 2.42 bits per heavy atom. The van der Waals surface area contributed by atoms with Gasteiger partial charge in [0.2, 0.25) is 5.91 Å². The highest BCUT2D eigenvalue weighted by Crippen LogP contribution is 2.03. The first-order valence-electron chi connectivity index (χ1n) is 7.00. The first-order valence-corrected chi connectivity index (χ1v) is 7.00. The van der Waals surface area contributed by atoms with E-state index in [2.05, 4.69) is 12.2 Å². The van der Waals surface area contributed by atoms with Crippen molar-refractivity contribution in [2.45, 2.75) is 51.5 Å². The second-order valence-corrected chi connectivity index (χ2v) is 4.55. The monoisotopic (exact) mass is 273 g/mol. The third kappa shape index (κ3) is 10.5. The Morgan fingerprint density at radius 2 is 1.79 bits per heavy atom. The molecule has 0 fully saturated rings. The van der Waals surface area contributed by atoms with Gasteiger partial charge >= 0.3 is 5.97 Å². The van der Waals surface area contributed by atoms with Crippen LogP contribution in [0.25, 0.3) is 0 Å². The number of amides is 1. The second kappa shape index (κ2) is 11.9. The molecule has 0 radical (unpaired) electrons. The molecule has 1 amide bonds. The largest absolute Gasteiger partial charge is 0.463 e. The van der Waals surface area contributed by atoms with E-state index >= 15 is 0 Å². The first kappa shape index (κ1) is 17.9. The Kier molecular flexibility index (Phi) is 11.2. The van der Waals surface area contributed by atoms with Crippen LogP contribution < -0.4 is 16.8 Å². The zero-order chi connectivity index (χ0) is 14.5. The van der Waals surface area contributed by atoms with Gasteiger partial charge in [-0.15, -0.1) is 0 Å². The van der Waals surface area contributed by atoms with Crippen molar-refractivity contribution in [3.8, 4) is 0 Å². The molecule has 5 N–H and O–H groups in total. The van der Waals surface area contributed by atoms with Crippen LogP contribution in [-0.2, 0) is 14.3 Å². The minimum atomic E-state index is -0.824. The van der Waals surface area contributed by atoms with Gasteiger partial charge in [-0.2, -0.15) is 0 Å². The summed E-state index contributed by atoms with van der Waals surface area (Å²) >= 11 is 0. The van der Waals surface area contributed by atoms with Crippen LogP contribution in [0.15, 0.2) is 0 Å². The number of ether oxygens (including phenoxy) is 1. The van der Waals surface area contributed by atoms with E-state index in [0.717, 1.165) is 12.8 Å². The fourth-order valence-electron chi connectivity index (χ4n) is 1.57. The van der Waals surface area contributed by atoms with Crippen molar-refractivity contribution < 1.29 is 14.3 Å². The highest BCUT2D eigenvalue weighted by Gasteiger charge is 2.14. The molecule has 6 heteroatoms. The Labute approximate surface area is 115 Å². The van der Waals surface area contributed by atoms with Gasteiger partial charge in [-0.3, -0.25) is 9.59 Å². The van der Waals surface area contributed by atoms with Crippen LogP contribution in [-0.4, -0.2) is 37.6 Å². The van der Waals surface area contributed by atoms with Gasteiger partial charge in [0.1, 0.15) is 12.6 Å². The summed E-state index contributed by atoms with van der Waals surface area (Å²) in [6.45, 7) is 2.47. The standard InChI is InChI=1S/C13H27N3O3/c1-2-3-4-5-6-7-8-16-13(18)11(15)10-19-12(17)9-14/h11H,2-10,14-15H2,1H3,(H,16,18)/t11-/m0/s1. The normalized spacial score (nSPS) is 11.9. The van der Waals surface area contributed by atoms with Gasteiger partial charge in [-0.05, 0) is 6.42 Å². The second-order valence-electron chi connectivity index (χ2n) is 4.55. The van der Waals surface area contributed by atoms with Crippen LogP contribution in [0, 0.1) is 0 Å². The summed E-state index contributed by atoms with van der Waals surface area (Å²) in [6, 6.07) is -0.824. The van der Waals surface area contributed by atoms with Crippen molar-refractivity contribution >= 4 is 11.9 Å². The maximum absolute atomic E-state index is 11.5. The van der Waals surface area contributed by atoms with Crippen LogP contribution in [0.5, 0.6) is 0 Å². The van der Waals surface area contributed by atoms with E-state index in [9.17, 15) is 9.59 Å². The fraction of sp³-hybridized carbons (Fsp3) is 0.846. The molecule has 0 aliphatic heterocycles. The smallest absolute Gasteiger partial charge is 0.319 e. The molecule has 19 heavy (non-hydrogen) atoms. The van der Waals surface area contributed by atoms with E-state index in [4.69, 9.17) is 16.2 Å². The molecule has 112 valence electrons. The summed E-state index contributed by atoms with van der Waals surface area (Å²) in [5.74, 6) is -0.849. The molecule has 0 spiro atoms. The zero-order valence-corrected chi connectivity index (χ0v) is 11.8. The SMILES string of the molecule is CCCCCCCCNC(=O)[C@@H](N)COC(=O)CN. The molecule has 1 atom stereocenters. The van der Waals surface area contributed by atoms with E-state index in [1.165, 1.54) is 25.7 Å². The van der Waals surface area contributed by atoms with Gasteiger partial charge < -0.3 is 21.5 Å². The van der Waals surface area contributed by atoms with Crippen molar-refractivity contribution in [2.75, 3.05) is 19.7 Å². The predicted octanol–water partition coefficient (Wildman–Crippen LogP) is 0.292. The highest BCUT2D eigenvalue weighted by molar-refractivity contribution is 5.82. The summed E-state index contributed by atoms with van der Waals surface area (Å²) < 4.78 is 4.70. The summed E-state index contributed by atoms with van der Waals surface area (Å²) in [5.41, 5.74) is 10.6. The summed E-state index contributed by atoms with van der Waals surface area (Å²) in [4.78, 5) is 22.3. The number of unbranched alkanes of at least 4 members (excludes halogenated alkanes) is 5. The van der Waals surface area contributed by atoms with Crippen LogP contribution >= 0.6 is 0 Å². The molecule has 0 heterocycles. The lowest BCUT2D eigenvalue weighted by atomic mass is 10.1. The lowest BCUT2D eigenvalue weighted by molar-refractivity contribution is -0.143. The Hall–Kier alpha value is -1.14. The van der Waals surface area contributed by atoms with E-state index in [-0.39, 0.29) is 19.1 Å². The average Bonchev–Trinajstić information content (AvgIpc) is 2.42. The van der Waals surface area contributed by atoms with Gasteiger partial charge in [0.15, 0.2) is 0 Å². The maximum Gasteiger partial charge on any atom is 0.319 e. The number of carbonyl (C=O) groups is 2. The minimum absolute atomic E-state index is 0.127. The summed E-state index contributed by atoms with van der Waals surface area (Å²) in [6.07, 6.45) is 7.00. The molecule has 0 aromatic rings. The lowest BCUT2D eigenvalue weighted by Crippen LogP contribution is -2.44. The number of hydrogen-bond acceptors (Lipinski definition) is 5. The molecular formula is C13H27N3O3. The minimum Gasteiger partial charge on any atom is -0.463 e. The van der Waals surface area contributed by atoms with E-state index in [1.807, 2.05) is 0 Å². The van der Waals surface area contributed by atoms with Crippen LogP contribution in [0.4, 0.5) is 0 Å². The summed E-state index contributed by atoms with van der Waals surface area (Å²) in [5, 5.41) is 2.73. The van der Waals surface area contributed by atoms with Crippen molar-refractivity contribution in [1.29, 1.82) is 0 Å². The molecule has 0 aromatic heterocycles.